The molecule has 0 amide bonds. The van der Waals surface area contributed by atoms with Gasteiger partial charge in [0, 0.05) is 24.0 Å². The van der Waals surface area contributed by atoms with Crippen LogP contribution in [0.25, 0.3) is 5.65 Å². The zero-order valence-electron chi connectivity index (χ0n) is 17.6. The van der Waals surface area contributed by atoms with Crippen molar-refractivity contribution >= 4 is 35.6 Å². The number of hydrogen-bond donors (Lipinski definition) is 2. The highest BCUT2D eigenvalue weighted by molar-refractivity contribution is 14.0. The first-order chi connectivity index (χ1) is 14.5. The first-order valence-corrected chi connectivity index (χ1v) is 9.57. The van der Waals surface area contributed by atoms with Gasteiger partial charge in [-0.15, -0.1) is 24.0 Å². The minimum atomic E-state index is -2.91. The van der Waals surface area contributed by atoms with E-state index in [0.29, 0.717) is 30.4 Å². The van der Waals surface area contributed by atoms with Crippen LogP contribution in [0, 0.1) is 6.92 Å². The van der Waals surface area contributed by atoms with Crippen molar-refractivity contribution in [3.8, 4) is 11.5 Å². The number of halogens is 3. The Morgan fingerprint density at radius 1 is 1.23 bits per heavy atom. The van der Waals surface area contributed by atoms with Gasteiger partial charge in [0.1, 0.15) is 17.1 Å². The summed E-state index contributed by atoms with van der Waals surface area (Å²) >= 11 is 0. The highest BCUT2D eigenvalue weighted by Gasteiger charge is 2.11. The largest absolute Gasteiger partial charge is 0.497 e. The number of rotatable bonds is 8. The monoisotopic (exact) mass is 545 g/mol. The Labute approximate surface area is 196 Å². The summed E-state index contributed by atoms with van der Waals surface area (Å²) in [6.45, 7) is 2.30. The van der Waals surface area contributed by atoms with Crippen LogP contribution >= 0.6 is 24.0 Å². The number of methoxy groups -OCH3 is 1. The first-order valence-electron chi connectivity index (χ1n) is 9.57. The van der Waals surface area contributed by atoms with Crippen LogP contribution in [-0.2, 0) is 13.1 Å². The van der Waals surface area contributed by atoms with E-state index in [0.717, 1.165) is 17.0 Å². The minimum Gasteiger partial charge on any atom is -0.497 e. The number of aryl methyl sites for hydroxylation is 1. The molecule has 0 aliphatic rings. The third-order valence-corrected chi connectivity index (χ3v) is 4.42. The molecule has 3 rings (SSSR count). The fourth-order valence-corrected chi connectivity index (χ4v) is 2.98. The summed E-state index contributed by atoms with van der Waals surface area (Å²) in [7, 11) is 1.51. The molecule has 2 heterocycles. The van der Waals surface area contributed by atoms with Crippen molar-refractivity contribution in [3.63, 3.8) is 0 Å². The second kappa shape index (κ2) is 11.7. The third kappa shape index (κ3) is 6.68. The Morgan fingerprint density at radius 3 is 2.71 bits per heavy atom. The van der Waals surface area contributed by atoms with Gasteiger partial charge in [0.25, 0.3) is 0 Å². The van der Waals surface area contributed by atoms with E-state index in [1.54, 1.807) is 12.1 Å². The minimum absolute atomic E-state index is 0. The Hall–Kier alpha value is -2.63. The lowest BCUT2D eigenvalue weighted by Crippen LogP contribution is -2.36. The van der Waals surface area contributed by atoms with Gasteiger partial charge in [-0.1, -0.05) is 6.07 Å². The molecule has 10 heteroatoms. The number of pyridine rings is 1. The molecule has 2 N–H and O–H groups in total. The molecule has 0 atom stereocenters. The predicted octanol–water partition coefficient (Wildman–Crippen LogP) is 4.13. The van der Waals surface area contributed by atoms with E-state index in [2.05, 4.69) is 25.3 Å². The predicted molar refractivity (Wildman–Crippen MR) is 127 cm³/mol. The van der Waals surface area contributed by atoms with Crippen LogP contribution in [0.15, 0.2) is 47.6 Å². The van der Waals surface area contributed by atoms with Gasteiger partial charge in [-0.2, -0.15) is 8.78 Å². The SMILES string of the molecule is CCNC(=NCc1cc(OC)ccc1OC(F)F)NCc1cn2c(C)cccc2n1.I. The maximum Gasteiger partial charge on any atom is 0.387 e. The number of nitrogens with one attached hydrogen (secondary N) is 2. The van der Waals surface area contributed by atoms with Crippen molar-refractivity contribution in [2.75, 3.05) is 13.7 Å². The number of alkyl halides is 2. The van der Waals surface area contributed by atoms with Crippen LogP contribution in [0.2, 0.25) is 0 Å². The summed E-state index contributed by atoms with van der Waals surface area (Å²) < 4.78 is 37.2. The molecule has 0 saturated carbocycles. The van der Waals surface area contributed by atoms with Gasteiger partial charge in [0.2, 0.25) is 0 Å². The number of hydrogen-bond acceptors (Lipinski definition) is 4. The molecule has 0 fully saturated rings. The fraction of sp³-hybridized carbons (Fsp3) is 0.333. The summed E-state index contributed by atoms with van der Waals surface area (Å²) in [5, 5.41) is 6.36. The molecule has 2 aromatic heterocycles. The van der Waals surface area contributed by atoms with Crippen molar-refractivity contribution in [1.29, 1.82) is 0 Å². The highest BCUT2D eigenvalue weighted by Crippen LogP contribution is 2.26. The number of imidazole rings is 1. The molecular weight excluding hydrogens is 519 g/mol. The summed E-state index contributed by atoms with van der Waals surface area (Å²) in [6.07, 6.45) is 1.97. The Kier molecular flexibility index (Phi) is 9.28. The van der Waals surface area contributed by atoms with Gasteiger partial charge in [0.05, 0.1) is 25.9 Å². The van der Waals surface area contributed by atoms with Crippen LogP contribution in [0.1, 0.15) is 23.9 Å². The number of guanidine groups is 1. The van der Waals surface area contributed by atoms with Crippen molar-refractivity contribution in [3.05, 3.63) is 59.5 Å². The number of ether oxygens (including phenoxy) is 2. The number of aromatic nitrogens is 2. The van der Waals surface area contributed by atoms with E-state index in [1.807, 2.05) is 42.6 Å². The van der Waals surface area contributed by atoms with E-state index in [4.69, 9.17) is 4.74 Å². The molecule has 0 radical (unpaired) electrons. The van der Waals surface area contributed by atoms with Crippen molar-refractivity contribution in [1.82, 2.24) is 20.0 Å². The average molecular weight is 545 g/mol. The smallest absolute Gasteiger partial charge is 0.387 e. The zero-order valence-corrected chi connectivity index (χ0v) is 19.9. The van der Waals surface area contributed by atoms with Gasteiger partial charge in [0.15, 0.2) is 5.96 Å². The van der Waals surface area contributed by atoms with Crippen LogP contribution in [-0.4, -0.2) is 35.6 Å². The quantitative estimate of drug-likeness (QED) is 0.253. The lowest BCUT2D eigenvalue weighted by molar-refractivity contribution is -0.0504. The molecule has 0 saturated heterocycles. The van der Waals surface area contributed by atoms with Gasteiger partial charge >= 0.3 is 6.61 Å². The van der Waals surface area contributed by atoms with Crippen LogP contribution in [0.5, 0.6) is 11.5 Å². The maximum atomic E-state index is 12.7. The van der Waals surface area contributed by atoms with Crippen molar-refractivity contribution < 1.29 is 18.3 Å². The Balaban J connectivity index is 0.00000341. The van der Waals surface area contributed by atoms with Crippen molar-refractivity contribution in [2.24, 2.45) is 4.99 Å². The molecule has 1 aromatic carbocycles. The van der Waals surface area contributed by atoms with E-state index in [9.17, 15) is 8.78 Å². The number of fused-ring (bicyclic) bond motifs is 1. The molecule has 0 spiro atoms. The second-order valence-corrected chi connectivity index (χ2v) is 6.53. The van der Waals surface area contributed by atoms with Crippen molar-refractivity contribution in [2.45, 2.75) is 33.5 Å². The Bertz CT molecular complexity index is 1030. The molecule has 31 heavy (non-hydrogen) atoms. The van der Waals surface area contributed by atoms with Gasteiger partial charge in [-0.25, -0.2) is 9.98 Å². The highest BCUT2D eigenvalue weighted by atomic mass is 127. The van der Waals surface area contributed by atoms with Gasteiger partial charge < -0.3 is 24.5 Å². The normalized spacial score (nSPS) is 11.4. The van der Waals surface area contributed by atoms with E-state index in [1.165, 1.54) is 13.2 Å². The Morgan fingerprint density at radius 2 is 2.03 bits per heavy atom. The van der Waals surface area contributed by atoms with Crippen LogP contribution in [0.4, 0.5) is 8.78 Å². The van der Waals surface area contributed by atoms with Gasteiger partial charge in [-0.05, 0) is 44.2 Å². The lowest BCUT2D eigenvalue weighted by atomic mass is 10.2. The molecule has 168 valence electrons. The molecule has 0 aliphatic heterocycles. The summed E-state index contributed by atoms with van der Waals surface area (Å²) in [5.41, 5.74) is 3.32. The molecular formula is C21H26F2IN5O2. The number of aliphatic imine (C=N–C) groups is 1. The zero-order chi connectivity index (χ0) is 21.5. The average Bonchev–Trinajstić information content (AvgIpc) is 3.15. The number of benzene rings is 1. The fourth-order valence-electron chi connectivity index (χ4n) is 2.98. The summed E-state index contributed by atoms with van der Waals surface area (Å²) in [6, 6.07) is 10.6. The number of nitrogens with zero attached hydrogens (tertiary/aromatic N) is 3. The third-order valence-electron chi connectivity index (χ3n) is 4.42. The van der Waals surface area contributed by atoms with Crippen LogP contribution in [0.3, 0.4) is 0 Å². The molecule has 0 unspecified atom stereocenters. The standard InChI is InChI=1S/C21H25F2N5O2.HI/c1-4-24-21(26-12-16-13-28-14(2)6-5-7-19(28)27-16)25-11-15-10-17(29-3)8-9-18(15)30-20(22)23;/h5-10,13,20H,4,11-12H2,1-3H3,(H2,24,25,26);1H. The van der Waals surface area contributed by atoms with E-state index < -0.39 is 6.61 Å². The maximum absolute atomic E-state index is 12.7. The first kappa shape index (κ1) is 24.6. The molecule has 3 aromatic rings. The molecule has 7 nitrogen and oxygen atoms in total. The summed E-state index contributed by atoms with van der Waals surface area (Å²) in [5.74, 6) is 1.15. The van der Waals surface area contributed by atoms with Gasteiger partial charge in [-0.3, -0.25) is 0 Å². The summed E-state index contributed by atoms with van der Waals surface area (Å²) in [4.78, 5) is 9.08. The van der Waals surface area contributed by atoms with Crippen LogP contribution < -0.4 is 20.1 Å². The van der Waals surface area contributed by atoms with E-state index >= 15 is 0 Å². The second-order valence-electron chi connectivity index (χ2n) is 6.53. The molecule has 0 bridgehead atoms. The van der Waals surface area contributed by atoms with E-state index in [-0.39, 0.29) is 36.3 Å². The molecule has 0 aliphatic carbocycles. The lowest BCUT2D eigenvalue weighted by Gasteiger charge is -2.13. The topological polar surface area (TPSA) is 72.2 Å².